The zero-order valence-electron chi connectivity index (χ0n) is 9.73. The van der Waals surface area contributed by atoms with Crippen LogP contribution in [0.25, 0.3) is 0 Å². The van der Waals surface area contributed by atoms with Crippen molar-refractivity contribution in [1.82, 2.24) is 10.3 Å². The lowest BCUT2D eigenvalue weighted by atomic mass is 10.1. The first-order valence-corrected chi connectivity index (χ1v) is 5.96. The van der Waals surface area contributed by atoms with E-state index in [2.05, 4.69) is 16.4 Å². The van der Waals surface area contributed by atoms with Crippen molar-refractivity contribution in [2.75, 3.05) is 0 Å². The van der Waals surface area contributed by atoms with Gasteiger partial charge < -0.3 is 5.32 Å². The monoisotopic (exact) mass is 257 g/mol. The van der Waals surface area contributed by atoms with Crippen LogP contribution in [0.3, 0.4) is 0 Å². The molecule has 4 heteroatoms. The summed E-state index contributed by atoms with van der Waals surface area (Å²) >= 11 is 6.08. The maximum atomic E-state index is 8.75. The van der Waals surface area contributed by atoms with Gasteiger partial charge in [0.15, 0.2) is 0 Å². The second kappa shape index (κ2) is 6.15. The molecule has 0 radical (unpaired) electrons. The Morgan fingerprint density at radius 2 is 2.11 bits per heavy atom. The van der Waals surface area contributed by atoms with Gasteiger partial charge in [0.1, 0.15) is 0 Å². The maximum absolute atomic E-state index is 8.75. The molecule has 0 bridgehead atoms. The second-order valence-corrected chi connectivity index (χ2v) is 4.25. The Morgan fingerprint density at radius 3 is 2.78 bits per heavy atom. The highest BCUT2D eigenvalue weighted by atomic mass is 35.5. The van der Waals surface area contributed by atoms with Crippen LogP contribution in [0, 0.1) is 11.3 Å². The molecule has 2 rings (SSSR count). The van der Waals surface area contributed by atoms with E-state index in [0.717, 1.165) is 11.3 Å². The average molecular weight is 258 g/mol. The van der Waals surface area contributed by atoms with Gasteiger partial charge in [-0.25, -0.2) is 0 Å². The summed E-state index contributed by atoms with van der Waals surface area (Å²) in [6, 6.07) is 13.2. The highest BCUT2D eigenvalue weighted by Gasteiger charge is 2.01. The summed E-state index contributed by atoms with van der Waals surface area (Å²) in [4.78, 5) is 4.22. The van der Waals surface area contributed by atoms with Crippen LogP contribution < -0.4 is 5.32 Å². The molecule has 90 valence electrons. The van der Waals surface area contributed by atoms with Crippen LogP contribution in [0.4, 0.5) is 0 Å². The largest absolute Gasteiger partial charge is 0.307 e. The third-order valence-electron chi connectivity index (χ3n) is 2.53. The van der Waals surface area contributed by atoms with Gasteiger partial charge in [-0.1, -0.05) is 23.7 Å². The second-order valence-electron chi connectivity index (χ2n) is 3.84. The number of hydrogen-bond acceptors (Lipinski definition) is 3. The molecule has 0 fully saturated rings. The van der Waals surface area contributed by atoms with Crippen molar-refractivity contribution in [2.45, 2.75) is 13.1 Å². The molecule has 0 aliphatic carbocycles. The average Bonchev–Trinajstić information content (AvgIpc) is 2.42. The van der Waals surface area contributed by atoms with Gasteiger partial charge >= 0.3 is 0 Å². The summed E-state index contributed by atoms with van der Waals surface area (Å²) in [6.45, 7) is 1.35. The van der Waals surface area contributed by atoms with E-state index in [0.29, 0.717) is 23.7 Å². The summed E-state index contributed by atoms with van der Waals surface area (Å²) in [7, 11) is 0. The predicted molar refractivity (Wildman–Crippen MR) is 70.9 cm³/mol. The SMILES string of the molecule is N#Cc1ccc(CNCc2ccccn2)c(Cl)c1. The number of nitrogens with one attached hydrogen (secondary N) is 1. The summed E-state index contributed by atoms with van der Waals surface area (Å²) in [6.07, 6.45) is 1.77. The first-order chi connectivity index (χ1) is 8.79. The van der Waals surface area contributed by atoms with Crippen LogP contribution in [0.15, 0.2) is 42.6 Å². The predicted octanol–water partition coefficient (Wildman–Crippen LogP) is 2.90. The number of rotatable bonds is 4. The number of benzene rings is 1. The number of nitriles is 1. The van der Waals surface area contributed by atoms with E-state index < -0.39 is 0 Å². The van der Waals surface area contributed by atoms with Crippen molar-refractivity contribution in [3.63, 3.8) is 0 Å². The zero-order chi connectivity index (χ0) is 12.8. The molecule has 1 aromatic carbocycles. The van der Waals surface area contributed by atoms with E-state index in [9.17, 15) is 0 Å². The zero-order valence-corrected chi connectivity index (χ0v) is 10.5. The number of pyridine rings is 1. The number of nitrogens with zero attached hydrogens (tertiary/aromatic N) is 2. The highest BCUT2D eigenvalue weighted by molar-refractivity contribution is 6.31. The molecular weight excluding hydrogens is 246 g/mol. The molecule has 0 aliphatic rings. The molecule has 1 aromatic heterocycles. The van der Waals surface area contributed by atoms with Gasteiger partial charge in [-0.05, 0) is 29.8 Å². The Hall–Kier alpha value is -1.89. The Balaban J connectivity index is 1.93. The third kappa shape index (κ3) is 3.30. The van der Waals surface area contributed by atoms with E-state index in [1.807, 2.05) is 24.3 Å². The summed E-state index contributed by atoms with van der Waals surface area (Å²) in [5.74, 6) is 0. The fourth-order valence-corrected chi connectivity index (χ4v) is 1.84. The Labute approximate surface area is 111 Å². The molecule has 0 spiro atoms. The van der Waals surface area contributed by atoms with Gasteiger partial charge in [0, 0.05) is 24.3 Å². The molecule has 0 amide bonds. The lowest BCUT2D eigenvalue weighted by molar-refractivity contribution is 0.680. The van der Waals surface area contributed by atoms with Crippen LogP contribution in [-0.4, -0.2) is 4.98 Å². The first kappa shape index (κ1) is 12.6. The molecule has 0 unspecified atom stereocenters. The van der Waals surface area contributed by atoms with Gasteiger partial charge in [-0.3, -0.25) is 4.98 Å². The van der Waals surface area contributed by atoms with Gasteiger partial charge in [0.25, 0.3) is 0 Å². The van der Waals surface area contributed by atoms with Crippen molar-refractivity contribution < 1.29 is 0 Å². The number of hydrogen-bond donors (Lipinski definition) is 1. The van der Waals surface area contributed by atoms with Crippen LogP contribution >= 0.6 is 11.6 Å². The molecule has 0 saturated carbocycles. The Bertz CT molecular complexity index is 561. The van der Waals surface area contributed by atoms with Crippen molar-refractivity contribution in [2.24, 2.45) is 0 Å². The molecule has 0 saturated heterocycles. The van der Waals surface area contributed by atoms with E-state index in [1.54, 1.807) is 18.3 Å². The maximum Gasteiger partial charge on any atom is 0.0992 e. The van der Waals surface area contributed by atoms with Crippen LogP contribution in [0.5, 0.6) is 0 Å². The molecule has 1 N–H and O–H groups in total. The summed E-state index contributed by atoms with van der Waals surface area (Å²) in [5, 5.41) is 12.6. The Morgan fingerprint density at radius 1 is 1.22 bits per heavy atom. The van der Waals surface area contributed by atoms with Crippen molar-refractivity contribution in [1.29, 1.82) is 5.26 Å². The molecule has 1 heterocycles. The normalized spacial score (nSPS) is 10.0. The van der Waals surface area contributed by atoms with E-state index >= 15 is 0 Å². The van der Waals surface area contributed by atoms with Gasteiger partial charge in [0.05, 0.1) is 17.3 Å². The van der Waals surface area contributed by atoms with E-state index in [1.165, 1.54) is 0 Å². The quantitative estimate of drug-likeness (QED) is 0.916. The number of halogens is 1. The van der Waals surface area contributed by atoms with Crippen LogP contribution in [0.1, 0.15) is 16.8 Å². The van der Waals surface area contributed by atoms with Gasteiger partial charge in [-0.15, -0.1) is 0 Å². The minimum Gasteiger partial charge on any atom is -0.307 e. The Kier molecular flexibility index (Phi) is 4.30. The fraction of sp³-hybridized carbons (Fsp3) is 0.143. The minimum absolute atomic E-state index is 0.577. The van der Waals surface area contributed by atoms with E-state index in [4.69, 9.17) is 16.9 Å². The van der Waals surface area contributed by atoms with Crippen LogP contribution in [0.2, 0.25) is 5.02 Å². The molecule has 18 heavy (non-hydrogen) atoms. The lowest BCUT2D eigenvalue weighted by Crippen LogP contribution is -2.13. The standard InChI is InChI=1S/C14H12ClN3/c15-14-7-11(8-16)4-5-12(14)9-17-10-13-3-1-2-6-18-13/h1-7,17H,9-10H2. The highest BCUT2D eigenvalue weighted by Crippen LogP contribution is 2.17. The minimum atomic E-state index is 0.577. The molecule has 3 nitrogen and oxygen atoms in total. The third-order valence-corrected chi connectivity index (χ3v) is 2.88. The van der Waals surface area contributed by atoms with Crippen LogP contribution in [-0.2, 0) is 13.1 Å². The summed E-state index contributed by atoms with van der Waals surface area (Å²) < 4.78 is 0. The van der Waals surface area contributed by atoms with Crippen molar-refractivity contribution in [3.8, 4) is 6.07 Å². The van der Waals surface area contributed by atoms with E-state index in [-0.39, 0.29) is 0 Å². The smallest absolute Gasteiger partial charge is 0.0992 e. The fourth-order valence-electron chi connectivity index (χ4n) is 1.59. The topological polar surface area (TPSA) is 48.7 Å². The van der Waals surface area contributed by atoms with Gasteiger partial charge in [0.2, 0.25) is 0 Å². The first-order valence-electron chi connectivity index (χ1n) is 5.59. The lowest BCUT2D eigenvalue weighted by Gasteiger charge is -2.06. The molecule has 2 aromatic rings. The molecule has 0 atom stereocenters. The van der Waals surface area contributed by atoms with Gasteiger partial charge in [-0.2, -0.15) is 5.26 Å². The number of aromatic nitrogens is 1. The molecule has 0 aliphatic heterocycles. The van der Waals surface area contributed by atoms with Crippen molar-refractivity contribution >= 4 is 11.6 Å². The molecular formula is C14H12ClN3. The van der Waals surface area contributed by atoms with Crippen molar-refractivity contribution in [3.05, 3.63) is 64.4 Å². The summed E-state index contributed by atoms with van der Waals surface area (Å²) in [5.41, 5.74) is 2.54.